The van der Waals surface area contributed by atoms with Crippen molar-refractivity contribution >= 4 is 0 Å². The molecule has 1 saturated heterocycles. The number of hydrogen-bond donors (Lipinski definition) is 1. The maximum Gasteiger partial charge on any atom is 0.0331 e. The summed E-state index contributed by atoms with van der Waals surface area (Å²) in [6.07, 6.45) is 3.83. The number of likely N-dealkylation sites (tertiary alicyclic amines) is 1. The van der Waals surface area contributed by atoms with Crippen LogP contribution in [0.1, 0.15) is 38.7 Å². The lowest BCUT2D eigenvalue weighted by Gasteiger charge is -2.40. The molecule has 1 heterocycles. The summed E-state index contributed by atoms with van der Waals surface area (Å²) in [5.74, 6) is 0. The van der Waals surface area contributed by atoms with Gasteiger partial charge in [0.15, 0.2) is 0 Å². The Morgan fingerprint density at radius 1 is 1.33 bits per heavy atom. The molecular formula is C16H26N2. The zero-order valence-electron chi connectivity index (χ0n) is 11.9. The smallest absolute Gasteiger partial charge is 0.0331 e. The quantitative estimate of drug-likeness (QED) is 0.859. The first-order valence-electron chi connectivity index (χ1n) is 7.15. The Bertz CT molecular complexity index is 363. The van der Waals surface area contributed by atoms with Crippen molar-refractivity contribution in [1.82, 2.24) is 10.2 Å². The fourth-order valence-corrected chi connectivity index (χ4v) is 3.20. The summed E-state index contributed by atoms with van der Waals surface area (Å²) in [6, 6.07) is 11.3. The summed E-state index contributed by atoms with van der Waals surface area (Å²) in [5.41, 5.74) is 1.70. The van der Waals surface area contributed by atoms with Crippen LogP contribution < -0.4 is 5.32 Å². The van der Waals surface area contributed by atoms with Crippen LogP contribution in [0.15, 0.2) is 30.3 Å². The number of nitrogens with one attached hydrogen (secondary N) is 1. The van der Waals surface area contributed by atoms with Crippen LogP contribution >= 0.6 is 0 Å². The van der Waals surface area contributed by atoms with Crippen molar-refractivity contribution in [2.45, 2.75) is 51.2 Å². The molecule has 0 bridgehead atoms. The zero-order valence-corrected chi connectivity index (χ0v) is 11.9. The molecule has 2 atom stereocenters. The molecule has 2 nitrogen and oxygen atoms in total. The third-order valence-corrected chi connectivity index (χ3v) is 4.60. The zero-order chi connectivity index (χ0) is 13.0. The van der Waals surface area contributed by atoms with Crippen LogP contribution in [0.4, 0.5) is 0 Å². The first-order valence-corrected chi connectivity index (χ1v) is 7.15. The van der Waals surface area contributed by atoms with Gasteiger partial charge in [-0.3, -0.25) is 4.90 Å². The molecule has 1 aromatic rings. The Hall–Kier alpha value is -0.860. The van der Waals surface area contributed by atoms with Gasteiger partial charge in [0.2, 0.25) is 0 Å². The molecule has 2 unspecified atom stereocenters. The van der Waals surface area contributed by atoms with Crippen LogP contribution in [0, 0.1) is 0 Å². The van der Waals surface area contributed by atoms with Gasteiger partial charge in [-0.25, -0.2) is 0 Å². The number of hydrogen-bond acceptors (Lipinski definition) is 2. The molecule has 2 heteroatoms. The van der Waals surface area contributed by atoms with Crippen LogP contribution in [-0.2, 0) is 6.54 Å². The Morgan fingerprint density at radius 3 is 2.61 bits per heavy atom. The molecule has 100 valence electrons. The lowest BCUT2D eigenvalue weighted by molar-refractivity contribution is 0.133. The normalized spacial score (nSPS) is 26.4. The second-order valence-corrected chi connectivity index (χ2v) is 5.71. The van der Waals surface area contributed by atoms with Crippen molar-refractivity contribution < 1.29 is 0 Å². The van der Waals surface area contributed by atoms with Gasteiger partial charge in [0.25, 0.3) is 0 Å². The van der Waals surface area contributed by atoms with Crippen LogP contribution in [0.5, 0.6) is 0 Å². The Kier molecular flexibility index (Phi) is 4.41. The first-order chi connectivity index (χ1) is 8.66. The predicted octanol–water partition coefficient (Wildman–Crippen LogP) is 3.04. The largest absolute Gasteiger partial charge is 0.308 e. The summed E-state index contributed by atoms with van der Waals surface area (Å²) in [5, 5.41) is 3.76. The minimum Gasteiger partial charge on any atom is -0.308 e. The van der Waals surface area contributed by atoms with Crippen molar-refractivity contribution in [2.24, 2.45) is 0 Å². The van der Waals surface area contributed by atoms with E-state index in [1.165, 1.54) is 31.4 Å². The first kappa shape index (κ1) is 13.6. The molecular weight excluding hydrogens is 220 g/mol. The van der Waals surface area contributed by atoms with E-state index in [0.29, 0.717) is 11.6 Å². The summed E-state index contributed by atoms with van der Waals surface area (Å²) in [4.78, 5) is 2.53. The average molecular weight is 246 g/mol. The number of benzene rings is 1. The highest BCUT2D eigenvalue weighted by molar-refractivity contribution is 5.14. The molecule has 0 radical (unpaired) electrons. The van der Waals surface area contributed by atoms with E-state index in [0.717, 1.165) is 6.54 Å². The van der Waals surface area contributed by atoms with Crippen molar-refractivity contribution in [2.75, 3.05) is 13.6 Å². The standard InChI is InChI=1S/C16H26N2/c1-4-15(16(2)11-8-12-18(16)3)17-13-14-9-6-5-7-10-14/h5-7,9-10,15,17H,4,8,11-13H2,1-3H3. The highest BCUT2D eigenvalue weighted by atomic mass is 15.2. The molecule has 1 N–H and O–H groups in total. The van der Waals surface area contributed by atoms with Gasteiger partial charge in [-0.15, -0.1) is 0 Å². The molecule has 0 amide bonds. The summed E-state index contributed by atoms with van der Waals surface area (Å²) in [6.45, 7) is 6.91. The second kappa shape index (κ2) is 5.85. The van der Waals surface area contributed by atoms with Crippen molar-refractivity contribution in [3.8, 4) is 0 Å². The predicted molar refractivity (Wildman–Crippen MR) is 77.6 cm³/mol. The average Bonchev–Trinajstić information content (AvgIpc) is 2.72. The molecule has 2 rings (SSSR count). The van der Waals surface area contributed by atoms with E-state index in [1.807, 2.05) is 0 Å². The highest BCUT2D eigenvalue weighted by Crippen LogP contribution is 2.32. The van der Waals surface area contributed by atoms with E-state index in [-0.39, 0.29) is 0 Å². The van der Waals surface area contributed by atoms with Crippen LogP contribution in [0.3, 0.4) is 0 Å². The van der Waals surface area contributed by atoms with Gasteiger partial charge in [-0.2, -0.15) is 0 Å². The Balaban J connectivity index is 1.97. The van der Waals surface area contributed by atoms with Crippen LogP contribution in [0.2, 0.25) is 0 Å². The van der Waals surface area contributed by atoms with Gasteiger partial charge in [0.05, 0.1) is 0 Å². The minimum absolute atomic E-state index is 0.323. The van der Waals surface area contributed by atoms with Gasteiger partial charge in [0.1, 0.15) is 0 Å². The fourth-order valence-electron chi connectivity index (χ4n) is 3.20. The van der Waals surface area contributed by atoms with Crippen molar-refractivity contribution in [3.05, 3.63) is 35.9 Å². The van der Waals surface area contributed by atoms with E-state index in [2.05, 4.69) is 61.4 Å². The lowest BCUT2D eigenvalue weighted by atomic mass is 9.87. The Labute approximate surface area is 111 Å². The molecule has 0 saturated carbocycles. The van der Waals surface area contributed by atoms with Crippen LogP contribution in [0.25, 0.3) is 0 Å². The molecule has 1 fully saturated rings. The van der Waals surface area contributed by atoms with Gasteiger partial charge in [-0.1, -0.05) is 37.3 Å². The Morgan fingerprint density at radius 2 is 2.06 bits per heavy atom. The van der Waals surface area contributed by atoms with Crippen LogP contribution in [-0.4, -0.2) is 30.1 Å². The van der Waals surface area contributed by atoms with Gasteiger partial charge in [0, 0.05) is 18.1 Å². The molecule has 1 aromatic carbocycles. The van der Waals surface area contributed by atoms with E-state index in [9.17, 15) is 0 Å². The summed E-state index contributed by atoms with van der Waals surface area (Å²) >= 11 is 0. The molecule has 0 aliphatic carbocycles. The topological polar surface area (TPSA) is 15.3 Å². The van der Waals surface area contributed by atoms with E-state index >= 15 is 0 Å². The monoisotopic (exact) mass is 246 g/mol. The SMILES string of the molecule is CCC(NCc1ccccc1)C1(C)CCCN1C. The number of likely N-dealkylation sites (N-methyl/N-ethyl adjacent to an activating group) is 1. The summed E-state index contributed by atoms with van der Waals surface area (Å²) in [7, 11) is 2.26. The van der Waals surface area contributed by atoms with Gasteiger partial charge < -0.3 is 5.32 Å². The number of rotatable bonds is 5. The van der Waals surface area contributed by atoms with E-state index in [4.69, 9.17) is 0 Å². The van der Waals surface area contributed by atoms with E-state index in [1.54, 1.807) is 0 Å². The highest BCUT2D eigenvalue weighted by Gasteiger charge is 2.39. The molecule has 1 aliphatic heterocycles. The van der Waals surface area contributed by atoms with Crippen molar-refractivity contribution in [3.63, 3.8) is 0 Å². The molecule has 0 aromatic heterocycles. The lowest BCUT2D eigenvalue weighted by Crippen LogP contribution is -2.54. The molecule has 1 aliphatic rings. The minimum atomic E-state index is 0.323. The fraction of sp³-hybridized carbons (Fsp3) is 0.625. The van der Waals surface area contributed by atoms with Gasteiger partial charge in [-0.05, 0) is 45.3 Å². The molecule has 18 heavy (non-hydrogen) atoms. The maximum atomic E-state index is 3.76. The third-order valence-electron chi connectivity index (χ3n) is 4.60. The van der Waals surface area contributed by atoms with Crippen molar-refractivity contribution in [1.29, 1.82) is 0 Å². The van der Waals surface area contributed by atoms with Gasteiger partial charge >= 0.3 is 0 Å². The van der Waals surface area contributed by atoms with E-state index < -0.39 is 0 Å². The summed E-state index contributed by atoms with van der Waals surface area (Å²) < 4.78 is 0. The maximum absolute atomic E-state index is 3.76. The second-order valence-electron chi connectivity index (χ2n) is 5.71. The third kappa shape index (κ3) is 2.76. The number of nitrogens with zero attached hydrogens (tertiary/aromatic N) is 1. The molecule has 0 spiro atoms.